The molecule has 1 atom stereocenters. The van der Waals surface area contributed by atoms with Gasteiger partial charge in [0, 0.05) is 28.8 Å². The quantitative estimate of drug-likeness (QED) is 0.554. The van der Waals surface area contributed by atoms with Gasteiger partial charge < -0.3 is 0 Å². The van der Waals surface area contributed by atoms with Crippen molar-refractivity contribution in [3.8, 4) is 0 Å². The number of aromatic nitrogens is 1. The minimum Gasteiger partial charge on any atom is -0.247 e. The molecule has 3 heteroatoms. The van der Waals surface area contributed by atoms with Gasteiger partial charge in [0.25, 0.3) is 0 Å². The van der Waals surface area contributed by atoms with E-state index < -0.39 is 0 Å². The molecule has 1 heterocycles. The zero-order chi connectivity index (χ0) is 9.90. The normalized spacial score (nSPS) is 15.3. The van der Waals surface area contributed by atoms with Crippen molar-refractivity contribution in [1.82, 2.24) is 4.98 Å². The molecule has 0 aliphatic rings. The third-order valence-electron chi connectivity index (χ3n) is 2.02. The minimum atomic E-state index is -0.0220. The van der Waals surface area contributed by atoms with E-state index in [1.807, 2.05) is 13.0 Å². The summed E-state index contributed by atoms with van der Waals surface area (Å²) in [6.45, 7) is 7.91. The van der Waals surface area contributed by atoms with Crippen LogP contribution in [0.15, 0.2) is 18.0 Å². The monoisotopic (exact) mass is 215 g/mol. The predicted octanol–water partition coefficient (Wildman–Crippen LogP) is 3.43. The number of allylic oxidation sites excluding steroid dienone is 1. The Morgan fingerprint density at radius 2 is 2.46 bits per heavy atom. The first kappa shape index (κ1) is 10.7. The molecule has 1 rings (SSSR count). The average molecular weight is 216 g/mol. The van der Waals surface area contributed by atoms with E-state index in [0.717, 1.165) is 17.1 Å². The van der Waals surface area contributed by atoms with E-state index in [4.69, 9.17) is 11.6 Å². The number of thiazole rings is 1. The number of aryl methyl sites for hydroxylation is 1. The number of rotatable bonds is 4. The molecule has 0 saturated heterocycles. The Bertz CT molecular complexity index is 295. The van der Waals surface area contributed by atoms with Crippen LogP contribution in [0.3, 0.4) is 0 Å². The van der Waals surface area contributed by atoms with Crippen molar-refractivity contribution < 1.29 is 0 Å². The molecular weight excluding hydrogens is 202 g/mol. The highest BCUT2D eigenvalue weighted by Gasteiger charge is 2.20. The van der Waals surface area contributed by atoms with Crippen molar-refractivity contribution >= 4 is 22.9 Å². The van der Waals surface area contributed by atoms with Crippen LogP contribution in [-0.4, -0.2) is 10.9 Å². The lowest BCUT2D eigenvalue weighted by atomic mass is 9.90. The molecule has 1 unspecified atom stereocenters. The first-order valence-electron chi connectivity index (χ1n) is 4.20. The van der Waals surface area contributed by atoms with Crippen LogP contribution in [-0.2, 0) is 6.42 Å². The summed E-state index contributed by atoms with van der Waals surface area (Å²) >= 11 is 7.56. The van der Waals surface area contributed by atoms with Gasteiger partial charge >= 0.3 is 0 Å². The molecule has 0 aliphatic heterocycles. The van der Waals surface area contributed by atoms with E-state index in [-0.39, 0.29) is 5.41 Å². The SMILES string of the molecule is C=CC(C)(CCl)Cc1nc(C)cs1. The molecule has 0 aromatic carbocycles. The number of halogens is 1. The van der Waals surface area contributed by atoms with Gasteiger partial charge in [-0.2, -0.15) is 0 Å². The van der Waals surface area contributed by atoms with Gasteiger partial charge in [0.15, 0.2) is 0 Å². The van der Waals surface area contributed by atoms with Crippen LogP contribution in [0, 0.1) is 12.3 Å². The van der Waals surface area contributed by atoms with Crippen LogP contribution in [0.4, 0.5) is 0 Å². The molecule has 0 bridgehead atoms. The number of hydrogen-bond donors (Lipinski definition) is 0. The van der Waals surface area contributed by atoms with Gasteiger partial charge in [-0.15, -0.1) is 29.5 Å². The highest BCUT2D eigenvalue weighted by atomic mass is 35.5. The van der Waals surface area contributed by atoms with E-state index in [2.05, 4.69) is 23.9 Å². The van der Waals surface area contributed by atoms with E-state index in [1.54, 1.807) is 11.3 Å². The van der Waals surface area contributed by atoms with E-state index >= 15 is 0 Å². The second-order valence-corrected chi connectivity index (χ2v) is 4.76. The van der Waals surface area contributed by atoms with E-state index in [9.17, 15) is 0 Å². The summed E-state index contributed by atoms with van der Waals surface area (Å²) in [7, 11) is 0. The van der Waals surface area contributed by atoms with Gasteiger partial charge in [-0.1, -0.05) is 13.0 Å². The topological polar surface area (TPSA) is 12.9 Å². The van der Waals surface area contributed by atoms with Crippen LogP contribution in [0.1, 0.15) is 17.6 Å². The van der Waals surface area contributed by atoms with E-state index in [0.29, 0.717) is 5.88 Å². The molecule has 1 aromatic rings. The first-order chi connectivity index (χ1) is 6.09. The molecule has 0 radical (unpaired) electrons. The number of hydrogen-bond acceptors (Lipinski definition) is 2. The summed E-state index contributed by atoms with van der Waals surface area (Å²) in [4.78, 5) is 4.40. The Kier molecular flexibility index (Phi) is 3.51. The van der Waals surface area contributed by atoms with Crippen LogP contribution >= 0.6 is 22.9 Å². The summed E-state index contributed by atoms with van der Waals surface area (Å²) in [5.41, 5.74) is 1.06. The van der Waals surface area contributed by atoms with Gasteiger partial charge in [0.2, 0.25) is 0 Å². The summed E-state index contributed by atoms with van der Waals surface area (Å²) < 4.78 is 0. The summed E-state index contributed by atoms with van der Waals surface area (Å²) in [5.74, 6) is 0.592. The summed E-state index contributed by atoms with van der Waals surface area (Å²) in [5, 5.41) is 3.20. The van der Waals surface area contributed by atoms with E-state index in [1.165, 1.54) is 0 Å². The van der Waals surface area contributed by atoms with Gasteiger partial charge in [-0.05, 0) is 6.92 Å². The average Bonchev–Trinajstić information content (AvgIpc) is 2.51. The van der Waals surface area contributed by atoms with Crippen molar-refractivity contribution in [3.63, 3.8) is 0 Å². The lowest BCUT2D eigenvalue weighted by Gasteiger charge is -2.20. The molecule has 13 heavy (non-hydrogen) atoms. The largest absolute Gasteiger partial charge is 0.247 e. The third-order valence-corrected chi connectivity index (χ3v) is 3.60. The van der Waals surface area contributed by atoms with Crippen molar-refractivity contribution in [3.05, 3.63) is 28.7 Å². The highest BCUT2D eigenvalue weighted by Crippen LogP contribution is 2.26. The Labute approximate surface area is 88.5 Å². The zero-order valence-electron chi connectivity index (χ0n) is 8.01. The second-order valence-electron chi connectivity index (χ2n) is 3.55. The summed E-state index contributed by atoms with van der Waals surface area (Å²) in [6, 6.07) is 0. The standard InChI is InChI=1S/C10H14ClNS/c1-4-10(3,7-11)5-9-12-8(2)6-13-9/h4,6H,1,5,7H2,2-3H3. The van der Waals surface area contributed by atoms with Crippen LogP contribution in [0.25, 0.3) is 0 Å². The fraction of sp³-hybridized carbons (Fsp3) is 0.500. The molecule has 1 nitrogen and oxygen atoms in total. The van der Waals surface area contributed by atoms with Crippen molar-refractivity contribution in [2.75, 3.05) is 5.88 Å². The fourth-order valence-corrected chi connectivity index (χ4v) is 2.18. The van der Waals surface area contributed by atoms with Crippen molar-refractivity contribution in [2.45, 2.75) is 20.3 Å². The maximum atomic E-state index is 5.87. The second kappa shape index (κ2) is 4.25. The highest BCUT2D eigenvalue weighted by molar-refractivity contribution is 7.09. The molecule has 0 aliphatic carbocycles. The van der Waals surface area contributed by atoms with Gasteiger partial charge in [0.05, 0.1) is 5.01 Å². The Hall–Kier alpha value is -0.340. The molecule has 0 N–H and O–H groups in total. The van der Waals surface area contributed by atoms with Gasteiger partial charge in [0.1, 0.15) is 0 Å². The van der Waals surface area contributed by atoms with Crippen molar-refractivity contribution in [2.24, 2.45) is 5.41 Å². The molecule has 0 spiro atoms. The Morgan fingerprint density at radius 3 is 2.85 bits per heavy atom. The van der Waals surface area contributed by atoms with Gasteiger partial charge in [-0.25, -0.2) is 4.98 Å². The summed E-state index contributed by atoms with van der Waals surface area (Å²) in [6.07, 6.45) is 2.80. The maximum Gasteiger partial charge on any atom is 0.0937 e. The maximum absolute atomic E-state index is 5.87. The Morgan fingerprint density at radius 1 is 1.77 bits per heavy atom. The minimum absolute atomic E-state index is 0.0220. The Balaban J connectivity index is 2.72. The zero-order valence-corrected chi connectivity index (χ0v) is 9.58. The van der Waals surface area contributed by atoms with Crippen LogP contribution < -0.4 is 0 Å². The molecular formula is C10H14ClNS. The molecule has 72 valence electrons. The fourth-order valence-electron chi connectivity index (χ4n) is 1.00. The first-order valence-corrected chi connectivity index (χ1v) is 5.61. The van der Waals surface area contributed by atoms with Gasteiger partial charge in [-0.3, -0.25) is 0 Å². The lowest BCUT2D eigenvalue weighted by Crippen LogP contribution is -2.18. The third kappa shape index (κ3) is 2.82. The molecule has 0 saturated carbocycles. The molecule has 1 aromatic heterocycles. The lowest BCUT2D eigenvalue weighted by molar-refractivity contribution is 0.485. The molecule has 0 amide bonds. The number of nitrogens with zero attached hydrogens (tertiary/aromatic N) is 1. The van der Waals surface area contributed by atoms with Crippen molar-refractivity contribution in [1.29, 1.82) is 0 Å². The number of alkyl halides is 1. The smallest absolute Gasteiger partial charge is 0.0937 e. The van der Waals surface area contributed by atoms with Crippen LogP contribution in [0.2, 0.25) is 0 Å². The molecule has 0 fully saturated rings. The van der Waals surface area contributed by atoms with Crippen LogP contribution in [0.5, 0.6) is 0 Å². The predicted molar refractivity (Wildman–Crippen MR) is 59.6 cm³/mol.